The maximum atomic E-state index is 5.61. The van der Waals surface area contributed by atoms with Gasteiger partial charge in [-0.1, -0.05) is 128 Å². The largest absolute Gasteiger partial charge is 0.309 e. The van der Waals surface area contributed by atoms with Crippen LogP contribution in [0.3, 0.4) is 0 Å². The van der Waals surface area contributed by atoms with Crippen molar-refractivity contribution in [2.24, 2.45) is 0 Å². The lowest BCUT2D eigenvalue weighted by Crippen LogP contribution is -2.51. The second-order valence-electron chi connectivity index (χ2n) is 13.0. The molecule has 4 nitrogen and oxygen atoms in total. The molecular weight excluding hydrogens is 589 g/mol. The molecule has 0 N–H and O–H groups in total. The van der Waals surface area contributed by atoms with Crippen LogP contribution in [0.25, 0.3) is 77.6 Å². The Morgan fingerprint density at radius 2 is 1.15 bits per heavy atom. The zero-order chi connectivity index (χ0) is 31.3. The summed E-state index contributed by atoms with van der Waals surface area (Å²) in [4.78, 5) is 11.1. The van der Waals surface area contributed by atoms with Gasteiger partial charge in [0.05, 0.1) is 27.8 Å². The van der Waals surface area contributed by atoms with Crippen LogP contribution >= 0.6 is 0 Å². The predicted octanol–water partition coefficient (Wildman–Crippen LogP) is 9.14. The quantitative estimate of drug-likeness (QED) is 0.185. The summed E-state index contributed by atoms with van der Waals surface area (Å²) in [5.74, 6) is 0.728. The minimum absolute atomic E-state index is 0.728. The fraction of sp³-hybridized carbons (Fsp3) is 0.0476. The van der Waals surface area contributed by atoms with Crippen molar-refractivity contribution in [2.45, 2.75) is 13.1 Å². The normalized spacial score (nSPS) is 13.5. The number of fused-ring (bicyclic) bond motifs is 10. The Morgan fingerprint density at radius 1 is 0.511 bits per heavy atom. The number of rotatable bonds is 3. The maximum Gasteiger partial charge on any atom is 0.235 e. The highest BCUT2D eigenvalue weighted by molar-refractivity contribution is 7.03. The lowest BCUT2D eigenvalue weighted by Gasteiger charge is -2.19. The van der Waals surface area contributed by atoms with Crippen LogP contribution < -0.4 is 10.5 Å². The van der Waals surface area contributed by atoms with Crippen molar-refractivity contribution in [3.05, 3.63) is 146 Å². The summed E-state index contributed by atoms with van der Waals surface area (Å²) < 4.78 is 4.73. The first-order chi connectivity index (χ1) is 23.1. The van der Waals surface area contributed by atoms with Crippen LogP contribution in [0.4, 0.5) is 0 Å². The van der Waals surface area contributed by atoms with E-state index in [-0.39, 0.29) is 0 Å². The van der Waals surface area contributed by atoms with Crippen LogP contribution in [0, 0.1) is 0 Å². The van der Waals surface area contributed by atoms with E-state index in [2.05, 4.69) is 168 Å². The van der Waals surface area contributed by atoms with Crippen molar-refractivity contribution in [1.82, 2.24) is 19.1 Å². The molecule has 0 radical (unpaired) electrons. The summed E-state index contributed by atoms with van der Waals surface area (Å²) in [7, 11) is -2.13. The fourth-order valence-electron chi connectivity index (χ4n) is 8.01. The Labute approximate surface area is 273 Å². The van der Waals surface area contributed by atoms with E-state index in [1.165, 1.54) is 54.2 Å². The molecule has 9 aromatic rings. The summed E-state index contributed by atoms with van der Waals surface area (Å²) in [5, 5.41) is 7.46. The third-order valence-electron chi connectivity index (χ3n) is 10.1. The molecule has 0 saturated carbocycles. The molecule has 0 bridgehead atoms. The second kappa shape index (κ2) is 9.61. The van der Waals surface area contributed by atoms with E-state index < -0.39 is 8.07 Å². The van der Waals surface area contributed by atoms with Gasteiger partial charge in [-0.05, 0) is 41.1 Å². The molecule has 47 heavy (non-hydrogen) atoms. The highest BCUT2D eigenvalue weighted by Crippen LogP contribution is 2.42. The zero-order valence-corrected chi connectivity index (χ0v) is 27.1. The first-order valence-corrected chi connectivity index (χ1v) is 19.2. The molecular formula is C42H30N4Si. The van der Waals surface area contributed by atoms with Crippen LogP contribution in [-0.4, -0.2) is 27.2 Å². The molecule has 4 heterocycles. The second-order valence-corrected chi connectivity index (χ2v) is 17.3. The Balaban J connectivity index is 1.39. The summed E-state index contributed by atoms with van der Waals surface area (Å²) in [5.41, 5.74) is 10.3. The van der Waals surface area contributed by atoms with Gasteiger partial charge in [-0.25, -0.2) is 9.97 Å². The molecule has 3 aromatic heterocycles. The molecule has 222 valence electrons. The van der Waals surface area contributed by atoms with Crippen LogP contribution in [0.15, 0.2) is 146 Å². The number of hydrogen-bond acceptors (Lipinski definition) is 2. The van der Waals surface area contributed by atoms with Gasteiger partial charge in [0.2, 0.25) is 5.95 Å². The average Bonchev–Trinajstić information content (AvgIpc) is 3.72. The highest BCUT2D eigenvalue weighted by atomic mass is 28.3. The van der Waals surface area contributed by atoms with Crippen molar-refractivity contribution in [2.75, 3.05) is 0 Å². The Hall–Kier alpha value is -5.78. The number of benzene rings is 6. The van der Waals surface area contributed by atoms with Gasteiger partial charge in [-0.2, -0.15) is 0 Å². The fourth-order valence-corrected chi connectivity index (χ4v) is 10.9. The number of nitrogens with zero attached hydrogens (tertiary/aromatic N) is 4. The summed E-state index contributed by atoms with van der Waals surface area (Å²) in [6.45, 7) is 4.86. The molecule has 0 unspecified atom stereocenters. The third-order valence-corrected chi connectivity index (χ3v) is 13.4. The lowest BCUT2D eigenvalue weighted by molar-refractivity contribution is 1.01. The van der Waals surface area contributed by atoms with Gasteiger partial charge in [0.15, 0.2) is 0 Å². The van der Waals surface area contributed by atoms with E-state index in [4.69, 9.17) is 9.97 Å². The molecule has 0 saturated heterocycles. The van der Waals surface area contributed by atoms with Crippen molar-refractivity contribution in [1.29, 1.82) is 0 Å². The van der Waals surface area contributed by atoms with E-state index in [0.29, 0.717) is 0 Å². The smallest absolute Gasteiger partial charge is 0.235 e. The first-order valence-electron chi connectivity index (χ1n) is 16.2. The van der Waals surface area contributed by atoms with E-state index in [9.17, 15) is 0 Å². The Bertz CT molecular complexity index is 2700. The van der Waals surface area contributed by atoms with Gasteiger partial charge in [0.1, 0.15) is 8.07 Å². The lowest BCUT2D eigenvalue weighted by atomic mass is 10.0. The summed E-state index contributed by atoms with van der Waals surface area (Å²) in [6.07, 6.45) is 0. The van der Waals surface area contributed by atoms with Gasteiger partial charge in [0, 0.05) is 43.7 Å². The van der Waals surface area contributed by atoms with E-state index in [0.717, 1.165) is 33.9 Å². The maximum absolute atomic E-state index is 5.61. The van der Waals surface area contributed by atoms with Gasteiger partial charge in [-0.15, -0.1) is 0 Å². The highest BCUT2D eigenvalue weighted by Gasteiger charge is 2.41. The van der Waals surface area contributed by atoms with E-state index in [1.807, 2.05) is 0 Å². The molecule has 6 aromatic carbocycles. The molecule has 5 heteroatoms. The zero-order valence-electron chi connectivity index (χ0n) is 26.1. The minimum atomic E-state index is -2.13. The Kier molecular flexibility index (Phi) is 5.41. The monoisotopic (exact) mass is 618 g/mol. The number of hydrogen-bond donors (Lipinski definition) is 0. The summed E-state index contributed by atoms with van der Waals surface area (Å²) in [6, 6.07) is 52.2. The molecule has 10 rings (SSSR count). The minimum Gasteiger partial charge on any atom is -0.309 e. The topological polar surface area (TPSA) is 35.6 Å². The SMILES string of the molecule is C[Si]1(C)c2ccccc2-c2c(-c3ccccc3)nc(-n3c4ccccc4c4ccc5c(c6ccccc6n5-c5ccccc5)c43)nc21. The van der Waals surface area contributed by atoms with Gasteiger partial charge >= 0.3 is 0 Å². The van der Waals surface area contributed by atoms with Crippen molar-refractivity contribution < 1.29 is 0 Å². The van der Waals surface area contributed by atoms with E-state index in [1.54, 1.807) is 0 Å². The van der Waals surface area contributed by atoms with Crippen molar-refractivity contribution in [3.8, 4) is 34.0 Å². The molecule has 0 fully saturated rings. The predicted molar refractivity (Wildman–Crippen MR) is 198 cm³/mol. The van der Waals surface area contributed by atoms with Crippen molar-refractivity contribution in [3.63, 3.8) is 0 Å². The third kappa shape index (κ3) is 3.57. The molecule has 0 spiro atoms. The molecule has 0 amide bonds. The first kappa shape index (κ1) is 26.4. The number of para-hydroxylation sites is 3. The molecule has 0 aliphatic carbocycles. The van der Waals surface area contributed by atoms with Crippen LogP contribution in [0.5, 0.6) is 0 Å². The van der Waals surface area contributed by atoms with E-state index >= 15 is 0 Å². The standard InChI is InChI=1S/C42H30N4Si/c1-47(2)36-24-14-11-21-32(36)38-39(27-15-5-3-6-16-27)43-42(44-41(38)47)46-33-22-12-9-19-29(33)30-25-26-35-37(40(30)46)31-20-10-13-23-34(31)45(35)28-17-7-4-8-18-28/h3-26H,1-2H3. The van der Waals surface area contributed by atoms with Gasteiger partial charge in [0.25, 0.3) is 0 Å². The Morgan fingerprint density at radius 3 is 1.94 bits per heavy atom. The van der Waals surface area contributed by atoms with Gasteiger partial charge in [-0.3, -0.25) is 4.57 Å². The molecule has 1 aliphatic rings. The van der Waals surface area contributed by atoms with Crippen LogP contribution in [0.2, 0.25) is 13.1 Å². The summed E-state index contributed by atoms with van der Waals surface area (Å²) >= 11 is 0. The van der Waals surface area contributed by atoms with Crippen LogP contribution in [-0.2, 0) is 0 Å². The van der Waals surface area contributed by atoms with Gasteiger partial charge < -0.3 is 4.57 Å². The van der Waals surface area contributed by atoms with Crippen molar-refractivity contribution >= 4 is 62.2 Å². The molecule has 0 atom stereocenters. The molecule has 1 aliphatic heterocycles. The average molecular weight is 619 g/mol. The number of aromatic nitrogens is 4. The van der Waals surface area contributed by atoms with Crippen LogP contribution in [0.1, 0.15) is 0 Å².